The number of ether oxygens (including phenoxy) is 1. The molecule has 0 spiro atoms. The monoisotopic (exact) mass is 406 g/mol. The first kappa shape index (κ1) is 22.6. The van der Waals surface area contributed by atoms with Gasteiger partial charge < -0.3 is 4.74 Å². The Labute approximate surface area is 162 Å². The minimum atomic E-state index is -5.04. The zero-order valence-electron chi connectivity index (χ0n) is 16.2. The molecule has 0 aromatic heterocycles. The van der Waals surface area contributed by atoms with Crippen LogP contribution in [0, 0.1) is 11.8 Å². The molecule has 0 bridgehead atoms. The van der Waals surface area contributed by atoms with Crippen molar-refractivity contribution in [3.8, 4) is 5.75 Å². The van der Waals surface area contributed by atoms with E-state index in [1.807, 2.05) is 0 Å². The minimum Gasteiger partial charge on any atom is -0.493 e. The number of alkyl halides is 5. The lowest BCUT2D eigenvalue weighted by Crippen LogP contribution is -2.20. The van der Waals surface area contributed by atoms with Gasteiger partial charge in [0.25, 0.3) is 6.43 Å². The lowest BCUT2D eigenvalue weighted by atomic mass is 9.77. The van der Waals surface area contributed by atoms with Gasteiger partial charge in [0.2, 0.25) is 0 Å². The summed E-state index contributed by atoms with van der Waals surface area (Å²) < 4.78 is 72.6. The molecular weight excluding hydrogens is 379 g/mol. The molecule has 1 aromatic rings. The number of ketones is 1. The summed E-state index contributed by atoms with van der Waals surface area (Å²) in [5, 5.41) is 0. The van der Waals surface area contributed by atoms with Crippen LogP contribution in [0.3, 0.4) is 0 Å². The van der Waals surface area contributed by atoms with Gasteiger partial charge in [-0.25, -0.2) is 8.78 Å². The first-order valence-electron chi connectivity index (χ1n) is 9.87. The highest BCUT2D eigenvalue weighted by Gasteiger charge is 2.41. The molecule has 0 atom stereocenters. The third-order valence-electron chi connectivity index (χ3n) is 5.45. The Hall–Kier alpha value is -1.66. The van der Waals surface area contributed by atoms with Crippen molar-refractivity contribution in [1.82, 2.24) is 0 Å². The summed E-state index contributed by atoms with van der Waals surface area (Å²) in [5.74, 6) is -0.660. The maximum absolute atomic E-state index is 13.6. The van der Waals surface area contributed by atoms with E-state index >= 15 is 0 Å². The van der Waals surface area contributed by atoms with E-state index in [4.69, 9.17) is 4.74 Å². The zero-order chi connectivity index (χ0) is 20.9. The molecule has 0 amide bonds. The van der Waals surface area contributed by atoms with E-state index in [9.17, 15) is 26.7 Å². The summed E-state index contributed by atoms with van der Waals surface area (Å²) in [6.45, 7) is 3.49. The second-order valence-corrected chi connectivity index (χ2v) is 7.43. The number of rotatable bonds is 8. The number of carbonyl (C=O) groups is 1. The quantitative estimate of drug-likeness (QED) is 0.336. The first-order valence-corrected chi connectivity index (χ1v) is 9.87. The molecule has 28 heavy (non-hydrogen) atoms. The highest BCUT2D eigenvalue weighted by atomic mass is 19.4. The second-order valence-electron chi connectivity index (χ2n) is 7.43. The highest BCUT2D eigenvalue weighted by molar-refractivity contribution is 5.98. The van der Waals surface area contributed by atoms with Gasteiger partial charge in [-0.1, -0.05) is 32.6 Å². The maximum Gasteiger partial charge on any atom is 0.420 e. The Bertz CT molecular complexity index is 661. The van der Waals surface area contributed by atoms with Gasteiger partial charge >= 0.3 is 6.18 Å². The summed E-state index contributed by atoms with van der Waals surface area (Å²) in [7, 11) is 0. The first-order chi connectivity index (χ1) is 13.2. The molecule has 0 heterocycles. The van der Waals surface area contributed by atoms with Gasteiger partial charge in [-0.15, -0.1) is 0 Å². The van der Waals surface area contributed by atoms with E-state index in [-0.39, 0.29) is 18.9 Å². The van der Waals surface area contributed by atoms with Gasteiger partial charge in [-0.3, -0.25) is 4.79 Å². The molecule has 0 saturated heterocycles. The summed E-state index contributed by atoms with van der Waals surface area (Å²) >= 11 is 0. The van der Waals surface area contributed by atoms with Crippen molar-refractivity contribution < 1.29 is 31.5 Å². The highest BCUT2D eigenvalue weighted by Crippen LogP contribution is 2.44. The number of hydrogen-bond acceptors (Lipinski definition) is 2. The normalized spacial score (nSPS) is 20.4. The van der Waals surface area contributed by atoms with Crippen LogP contribution in [0.1, 0.15) is 86.7 Å². The van der Waals surface area contributed by atoms with Gasteiger partial charge in [-0.05, 0) is 43.7 Å². The van der Waals surface area contributed by atoms with Crippen molar-refractivity contribution >= 4 is 5.78 Å². The van der Waals surface area contributed by atoms with Crippen molar-refractivity contribution in [2.45, 2.75) is 71.4 Å². The van der Waals surface area contributed by atoms with E-state index in [1.54, 1.807) is 0 Å². The van der Waals surface area contributed by atoms with Crippen LogP contribution in [0.5, 0.6) is 5.75 Å². The maximum atomic E-state index is 13.6. The van der Waals surface area contributed by atoms with E-state index in [0.717, 1.165) is 50.7 Å². The molecule has 1 aliphatic carbocycles. The van der Waals surface area contributed by atoms with Crippen LogP contribution in [0.4, 0.5) is 22.0 Å². The smallest absolute Gasteiger partial charge is 0.420 e. The molecule has 0 N–H and O–H groups in total. The third-order valence-corrected chi connectivity index (χ3v) is 5.45. The fraction of sp³-hybridized carbons (Fsp3) is 0.667. The van der Waals surface area contributed by atoms with Gasteiger partial charge in [0.05, 0.1) is 6.61 Å². The van der Waals surface area contributed by atoms with Gasteiger partial charge in [-0.2, -0.15) is 13.2 Å². The molecule has 0 aliphatic heterocycles. The fourth-order valence-corrected chi connectivity index (χ4v) is 4.14. The van der Waals surface area contributed by atoms with Crippen LogP contribution >= 0.6 is 0 Å². The number of benzene rings is 1. The van der Waals surface area contributed by atoms with E-state index in [2.05, 4.69) is 6.92 Å². The Kier molecular flexibility index (Phi) is 7.84. The molecule has 7 heteroatoms. The summed E-state index contributed by atoms with van der Waals surface area (Å²) in [5.41, 5.74) is -3.34. The Morgan fingerprint density at radius 2 is 1.71 bits per heavy atom. The standard InChI is InChI=1S/C21H27F5O2/c1-3-5-13-6-8-14(9-7-13)12-16(27)15-10-11-17(28-4-2)19(21(24,25)26)18(15)20(22)23/h10-11,13-14,20H,3-9,12H2,1-2H3. The van der Waals surface area contributed by atoms with Crippen LogP contribution in [0.2, 0.25) is 0 Å². The Morgan fingerprint density at radius 1 is 1.11 bits per heavy atom. The van der Waals surface area contributed by atoms with Gasteiger partial charge in [0, 0.05) is 17.5 Å². The molecule has 1 aromatic carbocycles. The minimum absolute atomic E-state index is 0.00381. The van der Waals surface area contributed by atoms with Crippen LogP contribution in [0.25, 0.3) is 0 Å². The summed E-state index contributed by atoms with van der Waals surface area (Å²) in [6.07, 6.45) is -2.66. The number of halogens is 5. The van der Waals surface area contributed by atoms with Crippen molar-refractivity contribution in [3.05, 3.63) is 28.8 Å². The number of Topliss-reactive ketones (excluding diaryl/α,β-unsaturated/α-hetero) is 1. The SMILES string of the molecule is CCCC1CCC(CC(=O)c2ccc(OCC)c(C(F)(F)F)c2C(F)F)CC1. The van der Waals surface area contributed by atoms with Crippen molar-refractivity contribution in [1.29, 1.82) is 0 Å². The molecular formula is C21H27F5O2. The van der Waals surface area contributed by atoms with Crippen LogP contribution in [0.15, 0.2) is 12.1 Å². The topological polar surface area (TPSA) is 26.3 Å². The molecule has 158 valence electrons. The van der Waals surface area contributed by atoms with E-state index in [1.165, 1.54) is 6.92 Å². The van der Waals surface area contributed by atoms with Crippen molar-refractivity contribution in [2.24, 2.45) is 11.8 Å². The number of carbonyl (C=O) groups excluding carboxylic acids is 1. The Morgan fingerprint density at radius 3 is 2.21 bits per heavy atom. The van der Waals surface area contributed by atoms with E-state index in [0.29, 0.717) is 5.92 Å². The lowest BCUT2D eigenvalue weighted by Gasteiger charge is -2.28. The fourth-order valence-electron chi connectivity index (χ4n) is 4.14. The zero-order valence-corrected chi connectivity index (χ0v) is 16.2. The van der Waals surface area contributed by atoms with Crippen molar-refractivity contribution in [3.63, 3.8) is 0 Å². The predicted octanol–water partition coefficient (Wildman–Crippen LogP) is 7.22. The van der Waals surface area contributed by atoms with Crippen LogP contribution < -0.4 is 4.74 Å². The van der Waals surface area contributed by atoms with Gasteiger partial charge in [0.1, 0.15) is 11.3 Å². The molecule has 0 radical (unpaired) electrons. The van der Waals surface area contributed by atoms with Crippen LogP contribution in [-0.4, -0.2) is 12.4 Å². The average molecular weight is 406 g/mol. The van der Waals surface area contributed by atoms with E-state index < -0.39 is 40.8 Å². The average Bonchev–Trinajstić information content (AvgIpc) is 2.62. The summed E-state index contributed by atoms with van der Waals surface area (Å²) in [4.78, 5) is 12.7. The van der Waals surface area contributed by atoms with Gasteiger partial charge in [0.15, 0.2) is 5.78 Å². The number of hydrogen-bond donors (Lipinski definition) is 0. The predicted molar refractivity (Wildman–Crippen MR) is 96.9 cm³/mol. The largest absolute Gasteiger partial charge is 0.493 e. The second kappa shape index (κ2) is 9.70. The summed E-state index contributed by atoms with van der Waals surface area (Å²) in [6, 6.07) is 2.02. The molecule has 1 aliphatic rings. The van der Waals surface area contributed by atoms with Crippen LogP contribution in [-0.2, 0) is 6.18 Å². The Balaban J connectivity index is 2.28. The van der Waals surface area contributed by atoms with Crippen molar-refractivity contribution in [2.75, 3.05) is 6.61 Å². The molecule has 1 saturated carbocycles. The lowest BCUT2D eigenvalue weighted by molar-refractivity contribution is -0.140. The molecule has 2 nitrogen and oxygen atoms in total. The molecule has 1 fully saturated rings. The molecule has 0 unspecified atom stereocenters. The third kappa shape index (κ3) is 5.45. The molecule has 2 rings (SSSR count).